The number of ketones is 2. The van der Waals surface area contributed by atoms with E-state index < -0.39 is 169 Å². The number of fused-ring (bicyclic) bond motifs is 3. The molecule has 3 aromatic heterocycles. The van der Waals surface area contributed by atoms with Gasteiger partial charge in [-0.05, 0) is 266 Å². The Morgan fingerprint density at radius 2 is 0.733 bits per heavy atom. The number of carbonyl (C=O) groups is 13. The molecular formula is C111H154Cl3N15O21. The summed E-state index contributed by atoms with van der Waals surface area (Å²) in [5.74, 6) is -6.56. The van der Waals surface area contributed by atoms with Gasteiger partial charge in [-0.1, -0.05) is 167 Å². The summed E-state index contributed by atoms with van der Waals surface area (Å²) in [6.45, 7) is 42.5. The highest BCUT2D eigenvalue weighted by molar-refractivity contribution is 6.67. The summed E-state index contributed by atoms with van der Waals surface area (Å²) in [4.78, 5) is 186. The number of nitrogens with zero attached hydrogens (tertiary/aromatic N) is 6. The summed E-state index contributed by atoms with van der Waals surface area (Å²) in [7, 11) is 0. The molecule has 820 valence electrons. The Bertz CT molecular complexity index is 5740. The number of Topliss-reactive ketones (excluding diaryl/α,β-unsaturated/α-hetero) is 2. The molecule has 9 heterocycles. The van der Waals surface area contributed by atoms with Crippen molar-refractivity contribution in [1.29, 1.82) is 0 Å². The molecular weight excluding hydrogens is 1990 g/mol. The molecule has 150 heavy (non-hydrogen) atoms. The molecule has 6 saturated heterocycles. The standard InChI is InChI=1S/C41H56Cl3N5O9.2C35H49N5O6/c1-24(2)32(33(50)45-26(4)34(51)49-19-10-11-30(48-49)35(52)55-23-41(42,43)44)57-36(53)40(18-20-56-39(8,9)22-40)17-16-27-12-13-28-14-15-29(47-31(28)21-27)25(3)46-37(54)58-38(5,6)7;2*1-21(2)30(31(42)37-23(4)32(43)40-17-8-9-28(39-40)24(5)41)46-33(44)35(16-18-45-34(6,7)20-35)15-14-25-10-11-26-12-13-27(22(3)36)38-29(26)19-25/h12-17,21,24-26,30,32,48H,10-11,18-20,22-23H2,1-9H3,(H,45,50)(H,46,54);2*10-15,19,21-23,28,30,39H,8-9,16-18,20,36H2,1-7H3,(H,37,42)/b17-16+;2*15-14+/t25-,26+,30+,32+,40?;22-,23+,28+,30+,35+;22-,23+,28+,30+,35-/m111/s1. The van der Waals surface area contributed by atoms with E-state index in [1.807, 2.05) is 190 Å². The zero-order valence-corrected chi connectivity index (χ0v) is 93.0. The van der Waals surface area contributed by atoms with E-state index in [0.717, 1.165) is 55.3 Å². The molecule has 6 aliphatic rings. The zero-order valence-electron chi connectivity index (χ0n) is 90.8. The number of benzene rings is 3. The lowest BCUT2D eigenvalue weighted by molar-refractivity contribution is -0.177. The maximum absolute atomic E-state index is 14.3. The number of carbonyl (C=O) groups excluding carboxylic acids is 13. The van der Waals surface area contributed by atoms with Crippen molar-refractivity contribution in [3.05, 3.63) is 143 Å². The SMILES string of the molecule is CC(=O)[C@@H]1CCCN(C(=O)[C@H](C)NC(=O)[C@@H](OC(=O)[C@@]2(/C=C/c3ccc4ccc([C@@H](C)N)nc4c3)CCOC(C)(C)C2)C(C)C)N1.CC(=O)[C@@H]1CCCN(C(=O)[C@H](C)NC(=O)[C@@H](OC(=O)[C@]2(/C=C/c3ccc4ccc([C@@H](C)N)nc4c3)CCOC(C)(C)C2)C(C)C)N1.CC(C)[C@H](OC(=O)C1(/C=C/c2ccc3ccc([C@@H](C)NC(=O)OC(C)(C)C)nc3c2)CCOC(C)(C)C1)C(=O)N[C@@H](C)C(=O)N1CCC[C@@H](C(=O)OCC(Cl)(Cl)Cl)N1. The third-order valence-electron chi connectivity index (χ3n) is 27.2. The molecule has 6 aliphatic heterocycles. The number of hydrogen-bond acceptors (Lipinski definition) is 29. The minimum atomic E-state index is -1.78. The fraction of sp³-hybridized carbons (Fsp3) is 0.586. The molecule has 15 atom stereocenters. The van der Waals surface area contributed by atoms with Crippen LogP contribution in [0.4, 0.5) is 4.79 Å². The average molecular weight is 2140 g/mol. The van der Waals surface area contributed by atoms with Gasteiger partial charge in [0.25, 0.3) is 35.4 Å². The first-order valence-corrected chi connectivity index (χ1v) is 53.0. The number of hydrogen-bond donors (Lipinski definition) is 9. The topological polar surface area (TPSA) is 480 Å². The number of rotatable bonds is 32. The molecule has 1 unspecified atom stereocenters. The van der Waals surface area contributed by atoms with Gasteiger partial charge in [0, 0.05) is 67.7 Å². The number of esters is 4. The Hall–Kier alpha value is -11.0. The van der Waals surface area contributed by atoms with E-state index in [2.05, 4.69) is 37.5 Å². The lowest BCUT2D eigenvalue weighted by Gasteiger charge is -2.42. The molecule has 3 aromatic carbocycles. The van der Waals surface area contributed by atoms with Gasteiger partial charge in [-0.25, -0.2) is 21.1 Å². The number of nitrogens with one attached hydrogen (secondary N) is 7. The molecule has 11 N–H and O–H groups in total. The largest absolute Gasteiger partial charge is 0.460 e. The van der Waals surface area contributed by atoms with Gasteiger partial charge in [0.1, 0.15) is 47.9 Å². The van der Waals surface area contributed by atoms with Gasteiger partial charge in [-0.15, -0.1) is 0 Å². The molecule has 0 spiro atoms. The van der Waals surface area contributed by atoms with Crippen molar-refractivity contribution in [3.63, 3.8) is 0 Å². The predicted molar refractivity (Wildman–Crippen MR) is 574 cm³/mol. The van der Waals surface area contributed by atoms with Gasteiger partial charge in [0.05, 0.1) is 84.8 Å². The van der Waals surface area contributed by atoms with Crippen LogP contribution in [0.15, 0.2) is 109 Å². The predicted octanol–water partition coefficient (Wildman–Crippen LogP) is 14.9. The summed E-state index contributed by atoms with van der Waals surface area (Å²) >= 11 is 17.1. The third kappa shape index (κ3) is 33.7. The molecule has 0 saturated carbocycles. The van der Waals surface area contributed by atoms with Crippen LogP contribution in [0.2, 0.25) is 0 Å². The summed E-state index contributed by atoms with van der Waals surface area (Å²) in [6, 6.07) is 23.8. The maximum atomic E-state index is 14.3. The summed E-state index contributed by atoms with van der Waals surface area (Å²) in [5, 5.41) is 17.9. The van der Waals surface area contributed by atoms with Crippen molar-refractivity contribution in [2.45, 2.75) is 335 Å². The first-order chi connectivity index (χ1) is 70.1. The Morgan fingerprint density at radius 3 is 1.02 bits per heavy atom. The second-order valence-electron chi connectivity index (χ2n) is 44.4. The number of halogens is 3. The van der Waals surface area contributed by atoms with Gasteiger partial charge < -0.3 is 70.6 Å². The number of alkyl carbamates (subject to hydrolysis) is 1. The highest BCUT2D eigenvalue weighted by Crippen LogP contribution is 2.46. The Morgan fingerprint density at radius 1 is 0.440 bits per heavy atom. The number of pyridine rings is 3. The van der Waals surface area contributed by atoms with Crippen LogP contribution in [-0.2, 0) is 95.4 Å². The second-order valence-corrected chi connectivity index (χ2v) is 46.9. The van der Waals surface area contributed by atoms with E-state index in [1.165, 1.54) is 35.8 Å². The number of amides is 7. The third-order valence-corrected chi connectivity index (χ3v) is 27.5. The number of alkyl halides is 3. The van der Waals surface area contributed by atoms with Crippen LogP contribution in [0.1, 0.15) is 288 Å². The summed E-state index contributed by atoms with van der Waals surface area (Å²) in [5.41, 5.74) is 22.1. The number of aromatic nitrogens is 3. The highest BCUT2D eigenvalue weighted by Gasteiger charge is 2.52. The number of nitrogens with two attached hydrogens (primary N) is 2. The van der Waals surface area contributed by atoms with Crippen LogP contribution < -0.4 is 49.0 Å². The van der Waals surface area contributed by atoms with Crippen molar-refractivity contribution >= 4 is 163 Å². The monoisotopic (exact) mass is 2140 g/mol. The van der Waals surface area contributed by atoms with Crippen LogP contribution in [-0.4, -0.2) is 234 Å². The highest BCUT2D eigenvalue weighted by atomic mass is 35.6. The van der Waals surface area contributed by atoms with Crippen LogP contribution >= 0.6 is 34.8 Å². The first-order valence-electron chi connectivity index (χ1n) is 51.8. The van der Waals surface area contributed by atoms with Crippen molar-refractivity contribution in [3.8, 4) is 0 Å². The molecule has 36 nitrogen and oxygen atoms in total. The van der Waals surface area contributed by atoms with Crippen LogP contribution in [0, 0.1) is 34.0 Å². The van der Waals surface area contributed by atoms with Crippen LogP contribution in [0.5, 0.6) is 0 Å². The first kappa shape index (κ1) is 121. The molecule has 7 amide bonds. The van der Waals surface area contributed by atoms with E-state index in [9.17, 15) is 62.3 Å². The fourth-order valence-electron chi connectivity index (χ4n) is 19.0. The lowest BCUT2D eigenvalue weighted by Crippen LogP contribution is -2.60. The van der Waals surface area contributed by atoms with Gasteiger partial charge in [0.15, 0.2) is 18.3 Å². The molecule has 6 aromatic rings. The van der Waals surface area contributed by atoms with E-state index in [0.29, 0.717) is 108 Å². The van der Waals surface area contributed by atoms with Crippen LogP contribution in [0.3, 0.4) is 0 Å². The van der Waals surface area contributed by atoms with Gasteiger partial charge in [-0.2, -0.15) is 0 Å². The second kappa shape index (κ2) is 51.6. The van der Waals surface area contributed by atoms with Crippen molar-refractivity contribution in [2.24, 2.45) is 45.5 Å². The van der Waals surface area contributed by atoms with Crippen molar-refractivity contribution < 1.29 is 100 Å². The quantitative estimate of drug-likeness (QED) is 0.0108. The van der Waals surface area contributed by atoms with E-state index in [4.69, 9.17) is 99.1 Å². The molecule has 6 fully saturated rings. The normalized spacial score (nSPS) is 22.8. The minimum absolute atomic E-state index is 0.0482. The summed E-state index contributed by atoms with van der Waals surface area (Å²) < 4.78 is 44.7. The van der Waals surface area contributed by atoms with E-state index in [-0.39, 0.29) is 66.9 Å². The smallest absolute Gasteiger partial charge is 0.408 e. The average Bonchev–Trinajstić information content (AvgIpc) is 0.780. The Kier molecular flexibility index (Phi) is 41.6. The molecule has 39 heteroatoms. The minimum Gasteiger partial charge on any atom is -0.460 e. The van der Waals surface area contributed by atoms with Crippen molar-refractivity contribution in [2.75, 3.05) is 46.1 Å². The van der Waals surface area contributed by atoms with Gasteiger partial charge in [-0.3, -0.25) is 87.5 Å². The Labute approximate surface area is 894 Å². The lowest BCUT2D eigenvalue weighted by atomic mass is 9.73. The number of ether oxygens (including phenoxy) is 8. The maximum Gasteiger partial charge on any atom is 0.408 e. The van der Waals surface area contributed by atoms with E-state index in [1.54, 1.807) is 76.2 Å². The van der Waals surface area contributed by atoms with Gasteiger partial charge >= 0.3 is 30.0 Å². The van der Waals surface area contributed by atoms with E-state index >= 15 is 0 Å². The number of hydrazine groups is 3. The van der Waals surface area contributed by atoms with Gasteiger partial charge in [0.2, 0.25) is 3.79 Å². The zero-order chi connectivity index (χ0) is 111. The van der Waals surface area contributed by atoms with Crippen molar-refractivity contribution in [1.82, 2.24) is 67.5 Å². The summed E-state index contributed by atoms with van der Waals surface area (Å²) in [6.07, 6.45) is 12.8. The van der Waals surface area contributed by atoms with Crippen LogP contribution in [0.25, 0.3) is 50.9 Å². The molecule has 0 aliphatic carbocycles. The molecule has 0 radical (unpaired) electrons. The Balaban J connectivity index is 0.000000232. The molecule has 0 bridgehead atoms. The fourth-order valence-corrected chi connectivity index (χ4v) is 19.2. The molecule has 12 rings (SSSR count).